The molecule has 1 aliphatic heterocycles. The van der Waals surface area contributed by atoms with Crippen LogP contribution in [0.25, 0.3) is 0 Å². The molecule has 1 aromatic carbocycles. The van der Waals surface area contributed by atoms with Crippen LogP contribution in [0.3, 0.4) is 0 Å². The van der Waals surface area contributed by atoms with Crippen molar-refractivity contribution in [2.75, 3.05) is 11.9 Å². The first kappa shape index (κ1) is 21.5. The van der Waals surface area contributed by atoms with Crippen molar-refractivity contribution in [2.24, 2.45) is 4.99 Å². The van der Waals surface area contributed by atoms with E-state index < -0.39 is 5.25 Å². The Morgan fingerprint density at radius 3 is 2.64 bits per heavy atom. The lowest BCUT2D eigenvalue weighted by molar-refractivity contribution is -0.129. The largest absolute Gasteiger partial charge is 0.325 e. The number of hydrogen-bond donors (Lipinski definition) is 1. The molecule has 1 saturated heterocycles. The first-order valence-corrected chi connectivity index (χ1v) is 11.4. The standard InChI is InChI=1S/C20H25Cl2N3O2S/c1-2-23-20-25(13-8-5-3-4-6-9-13)19(27)16(28-20)12-17(26)24-15-11-7-10-14(21)18(15)22/h7,10-11,13,16H,2-6,8-9,12H2,1H3,(H,24,26)/t16-/m1/s1. The van der Waals surface area contributed by atoms with Crippen molar-refractivity contribution in [1.29, 1.82) is 0 Å². The fraction of sp³-hybridized carbons (Fsp3) is 0.550. The smallest absolute Gasteiger partial charge is 0.242 e. The predicted octanol–water partition coefficient (Wildman–Crippen LogP) is 5.36. The lowest BCUT2D eigenvalue weighted by Gasteiger charge is -2.26. The average Bonchev–Trinajstić information content (AvgIpc) is 2.84. The van der Waals surface area contributed by atoms with E-state index in [9.17, 15) is 9.59 Å². The number of thioether (sulfide) groups is 1. The zero-order valence-electron chi connectivity index (χ0n) is 15.9. The van der Waals surface area contributed by atoms with Crippen LogP contribution in [-0.2, 0) is 9.59 Å². The summed E-state index contributed by atoms with van der Waals surface area (Å²) in [5.74, 6) is -0.259. The van der Waals surface area contributed by atoms with Crippen molar-refractivity contribution in [3.8, 4) is 0 Å². The Balaban J connectivity index is 1.70. The van der Waals surface area contributed by atoms with E-state index in [0.717, 1.165) is 30.9 Å². The summed E-state index contributed by atoms with van der Waals surface area (Å²) in [5, 5.41) is 3.76. The van der Waals surface area contributed by atoms with E-state index in [4.69, 9.17) is 23.2 Å². The van der Waals surface area contributed by atoms with Gasteiger partial charge in [-0.05, 0) is 31.9 Å². The van der Waals surface area contributed by atoms with Crippen LogP contribution in [-0.4, -0.2) is 39.7 Å². The fourth-order valence-corrected chi connectivity index (χ4v) is 5.29. The van der Waals surface area contributed by atoms with Crippen molar-refractivity contribution in [3.05, 3.63) is 28.2 Å². The Hall–Kier alpha value is -1.24. The second kappa shape index (κ2) is 9.99. The van der Waals surface area contributed by atoms with Crippen molar-refractivity contribution in [2.45, 2.75) is 63.2 Å². The van der Waals surface area contributed by atoms with E-state index >= 15 is 0 Å². The fourth-order valence-electron chi connectivity index (χ4n) is 3.68. The van der Waals surface area contributed by atoms with Crippen molar-refractivity contribution < 1.29 is 9.59 Å². The normalized spacial score (nSPS) is 22.5. The first-order chi connectivity index (χ1) is 13.5. The molecule has 2 aliphatic rings. The van der Waals surface area contributed by atoms with Crippen LogP contribution in [0, 0.1) is 0 Å². The molecule has 0 spiro atoms. The number of carbonyl (C=O) groups excluding carboxylic acids is 2. The summed E-state index contributed by atoms with van der Waals surface area (Å²) >= 11 is 13.5. The number of amidine groups is 1. The van der Waals surface area contributed by atoms with Gasteiger partial charge in [0, 0.05) is 19.0 Å². The molecule has 5 nitrogen and oxygen atoms in total. The molecule has 0 bridgehead atoms. The minimum absolute atomic E-state index is 0.00330. The number of halogens is 2. The lowest BCUT2D eigenvalue weighted by atomic mass is 10.1. The number of nitrogens with zero attached hydrogens (tertiary/aromatic N) is 2. The Labute approximate surface area is 180 Å². The zero-order chi connectivity index (χ0) is 20.1. The molecule has 0 radical (unpaired) electrons. The number of nitrogens with one attached hydrogen (secondary N) is 1. The van der Waals surface area contributed by atoms with Crippen molar-refractivity contribution in [3.63, 3.8) is 0 Å². The number of anilines is 1. The Bertz CT molecular complexity index is 764. The molecule has 2 fully saturated rings. The maximum absolute atomic E-state index is 13.1. The van der Waals surface area contributed by atoms with Crippen LogP contribution in [0.15, 0.2) is 23.2 Å². The minimum atomic E-state index is -0.452. The number of benzene rings is 1. The molecule has 1 saturated carbocycles. The maximum atomic E-state index is 13.1. The van der Waals surface area contributed by atoms with Gasteiger partial charge in [0.05, 0.1) is 15.7 Å². The molecule has 8 heteroatoms. The molecule has 1 aliphatic carbocycles. The second-order valence-electron chi connectivity index (χ2n) is 7.07. The second-order valence-corrected chi connectivity index (χ2v) is 9.03. The molecule has 0 aromatic heterocycles. The van der Waals surface area contributed by atoms with Crippen LogP contribution in [0.5, 0.6) is 0 Å². The number of hydrogen-bond acceptors (Lipinski definition) is 4. The van der Waals surface area contributed by atoms with E-state index in [1.54, 1.807) is 18.2 Å². The van der Waals surface area contributed by atoms with Gasteiger partial charge in [0.25, 0.3) is 0 Å². The lowest BCUT2D eigenvalue weighted by Crippen LogP contribution is -2.41. The number of rotatable bonds is 5. The summed E-state index contributed by atoms with van der Waals surface area (Å²) in [7, 11) is 0. The number of amides is 2. The van der Waals surface area contributed by atoms with Gasteiger partial charge < -0.3 is 5.32 Å². The number of aliphatic imine (C=N–C) groups is 1. The third-order valence-corrected chi connectivity index (χ3v) is 7.05. The average molecular weight is 442 g/mol. The molecule has 1 atom stereocenters. The topological polar surface area (TPSA) is 61.8 Å². The summed E-state index contributed by atoms with van der Waals surface area (Å²) in [6.07, 6.45) is 6.81. The third-order valence-electron chi connectivity index (χ3n) is 5.05. The summed E-state index contributed by atoms with van der Waals surface area (Å²) in [4.78, 5) is 32.1. The van der Waals surface area contributed by atoms with Crippen molar-refractivity contribution in [1.82, 2.24) is 4.90 Å². The highest BCUT2D eigenvalue weighted by Gasteiger charge is 2.42. The maximum Gasteiger partial charge on any atom is 0.242 e. The quantitative estimate of drug-likeness (QED) is 0.624. The Morgan fingerprint density at radius 1 is 1.25 bits per heavy atom. The van der Waals surface area contributed by atoms with Crippen LogP contribution in [0.4, 0.5) is 5.69 Å². The summed E-state index contributed by atoms with van der Waals surface area (Å²) in [5.41, 5.74) is 0.456. The summed E-state index contributed by atoms with van der Waals surface area (Å²) < 4.78 is 0. The monoisotopic (exact) mass is 441 g/mol. The van der Waals surface area contributed by atoms with Gasteiger partial charge in [0.1, 0.15) is 5.25 Å². The molecule has 0 unspecified atom stereocenters. The first-order valence-electron chi connectivity index (χ1n) is 9.79. The molecule has 1 aromatic rings. The predicted molar refractivity (Wildman–Crippen MR) is 117 cm³/mol. The van der Waals surface area contributed by atoms with Crippen LogP contribution < -0.4 is 5.32 Å². The van der Waals surface area contributed by atoms with Gasteiger partial charge >= 0.3 is 0 Å². The van der Waals surface area contributed by atoms with E-state index in [-0.39, 0.29) is 24.3 Å². The highest BCUT2D eigenvalue weighted by molar-refractivity contribution is 8.15. The van der Waals surface area contributed by atoms with Gasteiger partial charge in [-0.25, -0.2) is 0 Å². The van der Waals surface area contributed by atoms with Gasteiger partial charge in [0.15, 0.2) is 5.17 Å². The molecular weight excluding hydrogens is 417 g/mol. The van der Waals surface area contributed by atoms with Crippen LogP contribution in [0.1, 0.15) is 51.9 Å². The van der Waals surface area contributed by atoms with E-state index in [1.807, 2.05) is 11.8 Å². The molecule has 2 amide bonds. The third kappa shape index (κ3) is 5.02. The van der Waals surface area contributed by atoms with E-state index in [2.05, 4.69) is 10.3 Å². The van der Waals surface area contributed by atoms with Gasteiger partial charge in [-0.1, -0.05) is 66.7 Å². The van der Waals surface area contributed by atoms with E-state index in [1.165, 1.54) is 24.6 Å². The molecule has 3 rings (SSSR count). The van der Waals surface area contributed by atoms with Gasteiger partial charge in [0.2, 0.25) is 11.8 Å². The molecule has 1 N–H and O–H groups in total. The summed E-state index contributed by atoms with van der Waals surface area (Å²) in [6.45, 7) is 2.58. The van der Waals surface area contributed by atoms with Gasteiger partial charge in [-0.15, -0.1) is 0 Å². The van der Waals surface area contributed by atoms with Crippen LogP contribution in [0.2, 0.25) is 10.0 Å². The Morgan fingerprint density at radius 2 is 1.96 bits per heavy atom. The molecule has 1 heterocycles. The van der Waals surface area contributed by atoms with Crippen molar-refractivity contribution >= 4 is 57.6 Å². The highest BCUT2D eigenvalue weighted by Crippen LogP contribution is 2.35. The molecular formula is C20H25Cl2N3O2S. The zero-order valence-corrected chi connectivity index (χ0v) is 18.2. The molecule has 152 valence electrons. The van der Waals surface area contributed by atoms with Crippen LogP contribution >= 0.6 is 35.0 Å². The summed E-state index contributed by atoms with van der Waals surface area (Å²) in [6, 6.07) is 5.27. The number of carbonyl (C=O) groups is 2. The Kier molecular flexibility index (Phi) is 7.66. The SMILES string of the molecule is CCN=C1S[C@H](CC(=O)Nc2cccc(Cl)c2Cl)C(=O)N1C1CCCCCC1. The van der Waals surface area contributed by atoms with E-state index in [0.29, 0.717) is 22.3 Å². The van der Waals surface area contributed by atoms with Gasteiger partial charge in [-0.3, -0.25) is 19.5 Å². The minimum Gasteiger partial charge on any atom is -0.325 e. The highest BCUT2D eigenvalue weighted by atomic mass is 35.5. The van der Waals surface area contributed by atoms with Gasteiger partial charge in [-0.2, -0.15) is 0 Å². The molecule has 28 heavy (non-hydrogen) atoms.